The number of primary amides is 1. The van der Waals surface area contributed by atoms with E-state index in [1.54, 1.807) is 20.2 Å². The average molecular weight is 574 g/mol. The number of hydrogen-bond acceptors (Lipinski definition) is 9. The van der Waals surface area contributed by atoms with Crippen molar-refractivity contribution >= 4 is 23.2 Å². The van der Waals surface area contributed by atoms with Crippen molar-refractivity contribution in [1.82, 2.24) is 9.80 Å². The average Bonchev–Trinajstić information content (AvgIpc) is 3.44. The number of likely N-dealkylation sites (N-methyl/N-ethyl adjacent to an activating group) is 1. The van der Waals surface area contributed by atoms with E-state index in [0.717, 1.165) is 30.8 Å². The third kappa shape index (κ3) is 4.08. The number of nitrogens with zero attached hydrogens (tertiary/aromatic N) is 2. The fourth-order valence-corrected chi connectivity index (χ4v) is 7.50. The highest BCUT2D eigenvalue weighted by Crippen LogP contribution is 2.53. The number of aliphatic hydroxyl groups is 3. The Kier molecular flexibility index (Phi) is 6.75. The van der Waals surface area contributed by atoms with Crippen molar-refractivity contribution in [2.24, 2.45) is 17.6 Å². The molecule has 1 saturated carbocycles. The summed E-state index contributed by atoms with van der Waals surface area (Å²) in [7, 11) is 3.16. The number of amides is 1. The molecule has 4 atom stereocenters. The monoisotopic (exact) mass is 573 g/mol. The number of carbonyl (C=O) groups is 3. The first-order valence-corrected chi connectivity index (χ1v) is 14.3. The van der Waals surface area contributed by atoms with Crippen LogP contribution in [0.1, 0.15) is 36.0 Å². The van der Waals surface area contributed by atoms with Gasteiger partial charge in [-0.2, -0.15) is 0 Å². The predicted octanol–water partition coefficient (Wildman–Crippen LogP) is 2.23. The number of aliphatic hydroxyl groups excluding tert-OH is 2. The molecule has 220 valence electrons. The van der Waals surface area contributed by atoms with Gasteiger partial charge in [0.15, 0.2) is 11.4 Å². The first-order valence-electron chi connectivity index (χ1n) is 14.3. The van der Waals surface area contributed by atoms with Crippen LogP contribution in [0.5, 0.6) is 5.75 Å². The molecule has 6 N–H and O–H groups in total. The van der Waals surface area contributed by atoms with Gasteiger partial charge in [-0.15, -0.1) is 0 Å². The molecule has 1 unspecified atom stereocenters. The van der Waals surface area contributed by atoms with Gasteiger partial charge in [-0.25, -0.2) is 0 Å². The number of phenols is 1. The van der Waals surface area contributed by atoms with E-state index < -0.39 is 58.0 Å². The summed E-state index contributed by atoms with van der Waals surface area (Å²) in [6.07, 6.45) is 2.72. The molecule has 0 bridgehead atoms. The standard InChI is InChI=1S/C32H35N3O7/c1-34(2)26-21-14-18-13-20-19(17-7-5-16(6-8-17)15-35-11-3-4-12-35)9-10-22(36)24(20)27(37)23(18)29(39)32(21,42)30(40)25(28(26)38)31(33)41/h5-10,18,21,26,36-37,40,42H,3-4,11-15H2,1-2H3,(H2,33,41)/t18-,21-,26?,32+/m1/s1. The van der Waals surface area contributed by atoms with E-state index >= 15 is 0 Å². The number of rotatable bonds is 5. The minimum atomic E-state index is -2.65. The van der Waals surface area contributed by atoms with Gasteiger partial charge < -0.3 is 26.2 Å². The lowest BCUT2D eigenvalue weighted by Crippen LogP contribution is -2.65. The number of benzene rings is 2. The number of Topliss-reactive ketones (excluding diaryl/α,β-unsaturated/α-hetero) is 2. The molecular formula is C32H35N3O7. The first-order chi connectivity index (χ1) is 19.9. The van der Waals surface area contributed by atoms with Crippen LogP contribution >= 0.6 is 0 Å². The van der Waals surface area contributed by atoms with Gasteiger partial charge in [-0.05, 0) is 87.1 Å². The Morgan fingerprint density at radius 2 is 1.71 bits per heavy atom. The Labute approximate surface area is 243 Å². The van der Waals surface area contributed by atoms with Gasteiger partial charge in [-0.3, -0.25) is 24.2 Å². The summed E-state index contributed by atoms with van der Waals surface area (Å²) in [5.41, 5.74) is 5.35. The molecule has 3 aliphatic carbocycles. The van der Waals surface area contributed by atoms with Gasteiger partial charge in [-0.1, -0.05) is 30.3 Å². The lowest BCUT2D eigenvalue weighted by atomic mass is 9.57. The number of ketones is 2. The zero-order valence-electron chi connectivity index (χ0n) is 23.6. The van der Waals surface area contributed by atoms with E-state index in [0.29, 0.717) is 5.56 Å². The van der Waals surface area contributed by atoms with Gasteiger partial charge in [0, 0.05) is 18.0 Å². The number of fused-ring (bicyclic) bond motifs is 3. The van der Waals surface area contributed by atoms with Crippen LogP contribution in [0.3, 0.4) is 0 Å². The van der Waals surface area contributed by atoms with E-state index in [9.17, 15) is 34.8 Å². The third-order valence-electron chi connectivity index (χ3n) is 9.47. The summed E-state index contributed by atoms with van der Waals surface area (Å²) in [5.74, 6) is -6.59. The number of nitrogens with two attached hydrogens (primary N) is 1. The van der Waals surface area contributed by atoms with Gasteiger partial charge in [0.1, 0.15) is 22.8 Å². The summed E-state index contributed by atoms with van der Waals surface area (Å²) in [6, 6.07) is 10.3. The number of phenolic OH excluding ortho intramolecular Hbond substituents is 1. The second-order valence-corrected chi connectivity index (χ2v) is 12.1. The van der Waals surface area contributed by atoms with Crippen molar-refractivity contribution in [3.8, 4) is 16.9 Å². The topological polar surface area (TPSA) is 165 Å². The van der Waals surface area contributed by atoms with Crippen LogP contribution in [-0.2, 0) is 27.3 Å². The Hall–Kier alpha value is -3.99. The smallest absolute Gasteiger partial charge is 0.255 e. The molecule has 0 spiro atoms. The number of carbonyl (C=O) groups excluding carboxylic acids is 3. The molecule has 1 saturated heterocycles. The van der Waals surface area contributed by atoms with Gasteiger partial charge in [0.25, 0.3) is 5.91 Å². The second kappa shape index (κ2) is 10.1. The summed E-state index contributed by atoms with van der Waals surface area (Å²) in [6.45, 7) is 3.06. The minimum absolute atomic E-state index is 0.0512. The normalized spacial score (nSPS) is 27.8. The highest BCUT2D eigenvalue weighted by atomic mass is 16.3. The fourth-order valence-electron chi connectivity index (χ4n) is 7.50. The molecule has 2 fully saturated rings. The van der Waals surface area contributed by atoms with Crippen LogP contribution < -0.4 is 5.73 Å². The Morgan fingerprint density at radius 1 is 1.05 bits per heavy atom. The fraction of sp³-hybridized carbons (Fsp3) is 0.406. The molecule has 10 nitrogen and oxygen atoms in total. The van der Waals surface area contributed by atoms with Crippen LogP contribution in [0.15, 0.2) is 53.3 Å². The third-order valence-corrected chi connectivity index (χ3v) is 9.47. The van der Waals surface area contributed by atoms with Crippen molar-refractivity contribution in [1.29, 1.82) is 0 Å². The van der Waals surface area contributed by atoms with E-state index in [2.05, 4.69) is 17.0 Å². The maximum absolute atomic E-state index is 14.0. The Balaban J connectivity index is 1.45. The molecule has 42 heavy (non-hydrogen) atoms. The first kappa shape index (κ1) is 28.1. The predicted molar refractivity (Wildman–Crippen MR) is 154 cm³/mol. The van der Waals surface area contributed by atoms with Gasteiger partial charge >= 0.3 is 0 Å². The van der Waals surface area contributed by atoms with Crippen molar-refractivity contribution in [3.63, 3.8) is 0 Å². The lowest BCUT2D eigenvalue weighted by Gasteiger charge is -2.50. The van der Waals surface area contributed by atoms with E-state index in [-0.39, 0.29) is 29.7 Å². The summed E-state index contributed by atoms with van der Waals surface area (Å²) >= 11 is 0. The number of aromatic hydroxyl groups is 1. The molecule has 4 aliphatic rings. The van der Waals surface area contributed by atoms with Crippen molar-refractivity contribution in [3.05, 3.63) is 70.0 Å². The van der Waals surface area contributed by atoms with Gasteiger partial charge in [0.05, 0.1) is 11.6 Å². The van der Waals surface area contributed by atoms with Crippen molar-refractivity contribution in [2.45, 2.75) is 43.9 Å². The van der Waals surface area contributed by atoms with Gasteiger partial charge in [0.2, 0.25) is 5.78 Å². The van der Waals surface area contributed by atoms with Crippen LogP contribution in [0, 0.1) is 11.8 Å². The molecular weight excluding hydrogens is 538 g/mol. The number of hydrogen-bond donors (Lipinski definition) is 5. The minimum Gasteiger partial charge on any atom is -0.508 e. The van der Waals surface area contributed by atoms with Crippen LogP contribution in [0.4, 0.5) is 0 Å². The molecule has 0 aromatic heterocycles. The van der Waals surface area contributed by atoms with E-state index in [1.165, 1.54) is 29.4 Å². The molecule has 1 heterocycles. The summed E-state index contributed by atoms with van der Waals surface area (Å²) in [5, 5.41) is 45.1. The van der Waals surface area contributed by atoms with Crippen LogP contribution in [0.25, 0.3) is 16.9 Å². The highest BCUT2D eigenvalue weighted by Gasteiger charge is 2.64. The van der Waals surface area contributed by atoms with Crippen molar-refractivity contribution in [2.75, 3.05) is 27.2 Å². The largest absolute Gasteiger partial charge is 0.508 e. The van der Waals surface area contributed by atoms with Crippen LogP contribution in [0.2, 0.25) is 0 Å². The van der Waals surface area contributed by atoms with E-state index in [4.69, 9.17) is 5.73 Å². The molecule has 1 aliphatic heterocycles. The summed E-state index contributed by atoms with van der Waals surface area (Å²) in [4.78, 5) is 43.3. The lowest BCUT2D eigenvalue weighted by molar-refractivity contribution is -0.153. The molecule has 1 amide bonds. The van der Waals surface area contributed by atoms with E-state index in [1.807, 2.05) is 12.1 Å². The zero-order valence-corrected chi connectivity index (χ0v) is 23.6. The molecule has 2 aromatic rings. The number of likely N-dealkylation sites (tertiary alicyclic amines) is 1. The van der Waals surface area contributed by atoms with Crippen LogP contribution in [-0.4, -0.2) is 86.5 Å². The molecule has 2 aromatic carbocycles. The maximum Gasteiger partial charge on any atom is 0.255 e. The Bertz CT molecular complexity index is 1570. The summed E-state index contributed by atoms with van der Waals surface area (Å²) < 4.78 is 0. The van der Waals surface area contributed by atoms with Crippen molar-refractivity contribution < 1.29 is 34.8 Å². The molecule has 6 rings (SSSR count). The Morgan fingerprint density at radius 3 is 2.33 bits per heavy atom. The molecule has 10 heteroatoms. The highest BCUT2D eigenvalue weighted by molar-refractivity contribution is 6.24. The zero-order chi connectivity index (χ0) is 30.1. The quantitative estimate of drug-likeness (QED) is 0.337. The maximum atomic E-state index is 14.0. The SMILES string of the molecule is CN(C)C1C(=O)C(C(N)=O)=C(O)[C@@]2(O)C(=O)C3=C(O)c4c(O)ccc(-c5ccc(CN6CCCC6)cc5)c4C[C@@H]3C[C@H]12. The second-order valence-electron chi connectivity index (χ2n) is 12.1. The molecule has 0 radical (unpaired) electrons.